The van der Waals surface area contributed by atoms with Gasteiger partial charge in [0.25, 0.3) is 0 Å². The fourth-order valence-electron chi connectivity index (χ4n) is 1.35. The Bertz CT molecular complexity index is 320. The van der Waals surface area contributed by atoms with Crippen LogP contribution in [0.4, 0.5) is 5.69 Å². The van der Waals surface area contributed by atoms with Gasteiger partial charge in [0.05, 0.1) is 24.3 Å². The van der Waals surface area contributed by atoms with Crippen LogP contribution in [0.15, 0.2) is 24.3 Å². The molecule has 2 N–H and O–H groups in total. The van der Waals surface area contributed by atoms with Crippen molar-refractivity contribution in [2.24, 2.45) is 0 Å². The molecule has 0 saturated carbocycles. The molecular weight excluding hydrogens is 238 g/mol. The van der Waals surface area contributed by atoms with E-state index in [2.05, 4.69) is 12.2 Å². The van der Waals surface area contributed by atoms with Crippen molar-refractivity contribution in [2.45, 2.75) is 25.9 Å². The molecule has 96 valence electrons. The average Bonchev–Trinajstić information content (AvgIpc) is 2.37. The van der Waals surface area contributed by atoms with Gasteiger partial charge in [0, 0.05) is 6.54 Å². The summed E-state index contributed by atoms with van der Waals surface area (Å²) in [5.41, 5.74) is 0.896. The molecule has 0 amide bonds. The van der Waals surface area contributed by atoms with Crippen molar-refractivity contribution in [2.75, 3.05) is 24.3 Å². The fraction of sp³-hybridized carbons (Fsp3) is 0.538. The lowest BCUT2D eigenvalue weighted by Gasteiger charge is -2.14. The molecule has 0 radical (unpaired) electrons. The predicted molar refractivity (Wildman–Crippen MR) is 72.1 cm³/mol. The summed E-state index contributed by atoms with van der Waals surface area (Å²) >= 11 is 5.54. The Hall–Kier alpha value is -0.930. The minimum absolute atomic E-state index is 0.228. The molecule has 3 nitrogen and oxygen atoms in total. The Morgan fingerprint density at radius 2 is 2.18 bits per heavy atom. The molecule has 0 aliphatic carbocycles. The van der Waals surface area contributed by atoms with E-state index >= 15 is 0 Å². The second-order valence-electron chi connectivity index (χ2n) is 3.89. The fourth-order valence-corrected chi connectivity index (χ4v) is 1.46. The number of nitrogens with one attached hydrogen (secondary N) is 1. The first-order valence-electron chi connectivity index (χ1n) is 5.97. The summed E-state index contributed by atoms with van der Waals surface area (Å²) in [6.07, 6.45) is 1.61. The highest BCUT2D eigenvalue weighted by Gasteiger charge is 2.05. The third-order valence-corrected chi connectivity index (χ3v) is 2.71. The van der Waals surface area contributed by atoms with E-state index in [1.54, 1.807) is 0 Å². The van der Waals surface area contributed by atoms with Crippen LogP contribution in [-0.4, -0.2) is 30.2 Å². The number of alkyl halides is 1. The molecule has 0 aliphatic rings. The Kier molecular flexibility index (Phi) is 6.82. The molecule has 0 spiro atoms. The van der Waals surface area contributed by atoms with Gasteiger partial charge in [-0.1, -0.05) is 25.5 Å². The Balaban J connectivity index is 2.51. The summed E-state index contributed by atoms with van der Waals surface area (Å²) in [7, 11) is 0. The molecule has 0 saturated heterocycles. The lowest BCUT2D eigenvalue weighted by molar-refractivity contribution is 0.211. The molecule has 0 bridgehead atoms. The normalized spacial score (nSPS) is 12.2. The lowest BCUT2D eigenvalue weighted by atomic mass is 10.2. The van der Waals surface area contributed by atoms with Gasteiger partial charge < -0.3 is 15.2 Å². The van der Waals surface area contributed by atoms with Gasteiger partial charge in [-0.15, -0.1) is 11.6 Å². The quantitative estimate of drug-likeness (QED) is 0.556. The standard InChI is InChI=1S/C13H20ClNO2/c1-2-3-8-17-13-7-5-4-6-12(13)15-10-11(16)9-14/h4-7,11,15-16H,2-3,8-10H2,1H3. The molecule has 1 aromatic rings. The van der Waals surface area contributed by atoms with Crippen molar-refractivity contribution in [1.82, 2.24) is 0 Å². The van der Waals surface area contributed by atoms with Crippen LogP contribution in [0.1, 0.15) is 19.8 Å². The third-order valence-electron chi connectivity index (χ3n) is 2.35. The topological polar surface area (TPSA) is 41.5 Å². The molecule has 0 fully saturated rings. The van der Waals surface area contributed by atoms with Crippen LogP contribution in [0.25, 0.3) is 0 Å². The smallest absolute Gasteiger partial charge is 0.142 e. The number of aliphatic hydroxyl groups is 1. The molecule has 0 aromatic heterocycles. The number of para-hydroxylation sites is 2. The van der Waals surface area contributed by atoms with Crippen LogP contribution in [-0.2, 0) is 0 Å². The van der Waals surface area contributed by atoms with Crippen molar-refractivity contribution in [3.05, 3.63) is 24.3 Å². The molecule has 17 heavy (non-hydrogen) atoms. The van der Waals surface area contributed by atoms with E-state index in [0.29, 0.717) is 13.2 Å². The van der Waals surface area contributed by atoms with Crippen LogP contribution in [0.3, 0.4) is 0 Å². The van der Waals surface area contributed by atoms with Gasteiger partial charge in [0.1, 0.15) is 5.75 Å². The number of benzene rings is 1. The second-order valence-corrected chi connectivity index (χ2v) is 4.20. The van der Waals surface area contributed by atoms with E-state index in [4.69, 9.17) is 16.3 Å². The van der Waals surface area contributed by atoms with E-state index < -0.39 is 6.10 Å². The zero-order chi connectivity index (χ0) is 12.5. The Morgan fingerprint density at radius 3 is 2.88 bits per heavy atom. The highest BCUT2D eigenvalue weighted by molar-refractivity contribution is 6.18. The number of unbranched alkanes of at least 4 members (excludes halogenated alkanes) is 1. The summed E-state index contributed by atoms with van der Waals surface area (Å²) in [6.45, 7) is 3.27. The number of rotatable bonds is 8. The first-order valence-corrected chi connectivity index (χ1v) is 6.51. The van der Waals surface area contributed by atoms with Crippen molar-refractivity contribution in [1.29, 1.82) is 0 Å². The average molecular weight is 258 g/mol. The van der Waals surface area contributed by atoms with Gasteiger partial charge in [-0.05, 0) is 18.6 Å². The summed E-state index contributed by atoms with van der Waals surface area (Å²) in [5.74, 6) is 1.05. The molecule has 1 rings (SSSR count). The van der Waals surface area contributed by atoms with Crippen molar-refractivity contribution in [3.8, 4) is 5.75 Å². The van der Waals surface area contributed by atoms with Crippen molar-refractivity contribution in [3.63, 3.8) is 0 Å². The van der Waals surface area contributed by atoms with Gasteiger partial charge in [-0.25, -0.2) is 0 Å². The Labute approximate surface area is 108 Å². The summed E-state index contributed by atoms with van der Waals surface area (Å²) in [4.78, 5) is 0. The molecule has 0 aliphatic heterocycles. The lowest BCUT2D eigenvalue weighted by Crippen LogP contribution is -2.21. The number of anilines is 1. The summed E-state index contributed by atoms with van der Waals surface area (Å²) in [5, 5.41) is 12.5. The third kappa shape index (κ3) is 5.29. The second kappa shape index (κ2) is 8.20. The monoisotopic (exact) mass is 257 g/mol. The van der Waals surface area contributed by atoms with Crippen LogP contribution in [0, 0.1) is 0 Å². The van der Waals surface area contributed by atoms with Gasteiger partial charge >= 0.3 is 0 Å². The van der Waals surface area contributed by atoms with Crippen LogP contribution in [0.5, 0.6) is 5.75 Å². The first-order chi connectivity index (χ1) is 8.27. The van der Waals surface area contributed by atoms with E-state index in [9.17, 15) is 5.11 Å². The zero-order valence-corrected chi connectivity index (χ0v) is 10.9. The maximum absolute atomic E-state index is 9.39. The van der Waals surface area contributed by atoms with Crippen molar-refractivity contribution >= 4 is 17.3 Å². The number of aliphatic hydroxyl groups excluding tert-OH is 1. The van der Waals surface area contributed by atoms with Gasteiger partial charge in [-0.3, -0.25) is 0 Å². The van der Waals surface area contributed by atoms with Crippen LogP contribution >= 0.6 is 11.6 Å². The highest BCUT2D eigenvalue weighted by atomic mass is 35.5. The molecular formula is C13H20ClNO2. The number of hydrogen-bond donors (Lipinski definition) is 2. The van der Waals surface area contributed by atoms with E-state index in [1.165, 1.54) is 0 Å². The maximum Gasteiger partial charge on any atom is 0.142 e. The van der Waals surface area contributed by atoms with E-state index in [-0.39, 0.29) is 5.88 Å². The summed E-state index contributed by atoms with van der Waals surface area (Å²) in [6, 6.07) is 7.72. The first kappa shape index (κ1) is 14.1. The number of halogens is 1. The predicted octanol–water partition coefficient (Wildman–Crippen LogP) is 2.88. The number of hydrogen-bond acceptors (Lipinski definition) is 3. The van der Waals surface area contributed by atoms with Gasteiger partial charge in [0.2, 0.25) is 0 Å². The van der Waals surface area contributed by atoms with Crippen LogP contribution in [0.2, 0.25) is 0 Å². The summed E-state index contributed by atoms with van der Waals surface area (Å²) < 4.78 is 5.67. The molecule has 1 aromatic carbocycles. The van der Waals surface area contributed by atoms with Gasteiger partial charge in [-0.2, -0.15) is 0 Å². The minimum atomic E-state index is -0.541. The highest BCUT2D eigenvalue weighted by Crippen LogP contribution is 2.23. The molecule has 4 heteroatoms. The minimum Gasteiger partial charge on any atom is -0.491 e. The molecule has 1 atom stereocenters. The van der Waals surface area contributed by atoms with Crippen LogP contribution < -0.4 is 10.1 Å². The van der Waals surface area contributed by atoms with Crippen molar-refractivity contribution < 1.29 is 9.84 Å². The van der Waals surface area contributed by atoms with E-state index in [0.717, 1.165) is 24.3 Å². The zero-order valence-electron chi connectivity index (χ0n) is 10.2. The Morgan fingerprint density at radius 1 is 1.41 bits per heavy atom. The number of ether oxygens (including phenoxy) is 1. The molecule has 0 heterocycles. The largest absolute Gasteiger partial charge is 0.491 e. The maximum atomic E-state index is 9.39. The molecule has 1 unspecified atom stereocenters. The SMILES string of the molecule is CCCCOc1ccccc1NCC(O)CCl. The van der Waals surface area contributed by atoms with Gasteiger partial charge in [0.15, 0.2) is 0 Å². The van der Waals surface area contributed by atoms with E-state index in [1.807, 2.05) is 24.3 Å².